The molecule has 0 radical (unpaired) electrons. The minimum atomic E-state index is -1.10. The van der Waals surface area contributed by atoms with Gasteiger partial charge in [-0.05, 0) is 18.2 Å². The van der Waals surface area contributed by atoms with Gasteiger partial charge in [0.05, 0.1) is 30.6 Å². The van der Waals surface area contributed by atoms with Crippen LogP contribution < -0.4 is 15.8 Å². The van der Waals surface area contributed by atoms with Crippen molar-refractivity contribution < 1.29 is 27.4 Å². The molecule has 0 spiro atoms. The number of halogens is 3. The Labute approximate surface area is 185 Å². The first kappa shape index (κ1) is 22.3. The van der Waals surface area contributed by atoms with Gasteiger partial charge in [0.15, 0.2) is 5.17 Å². The summed E-state index contributed by atoms with van der Waals surface area (Å²) in [6.07, 6.45) is 1.65. The molecule has 0 saturated carbocycles. The van der Waals surface area contributed by atoms with Crippen molar-refractivity contribution in [3.63, 3.8) is 0 Å². The Bertz CT molecular complexity index is 1030. The van der Waals surface area contributed by atoms with Crippen LogP contribution in [0, 0.1) is 11.7 Å². The number of carbonyl (C=O) groups excluding carboxylic acids is 1. The van der Waals surface area contributed by atoms with Gasteiger partial charge in [-0.2, -0.15) is 0 Å². The summed E-state index contributed by atoms with van der Waals surface area (Å²) in [5.74, 6) is -0.870. The lowest BCUT2D eigenvalue weighted by Gasteiger charge is -2.46. The molecule has 0 bridgehead atoms. The third-order valence-electron chi connectivity index (χ3n) is 5.42. The van der Waals surface area contributed by atoms with Crippen LogP contribution in [0.15, 0.2) is 35.6 Å². The van der Waals surface area contributed by atoms with Crippen molar-refractivity contribution in [3.8, 4) is 5.88 Å². The highest BCUT2D eigenvalue weighted by molar-refractivity contribution is 8.13. The number of rotatable bonds is 6. The van der Waals surface area contributed by atoms with E-state index in [-0.39, 0.29) is 36.1 Å². The zero-order chi connectivity index (χ0) is 22.7. The molecule has 0 unspecified atom stereocenters. The maximum atomic E-state index is 15.0. The third kappa shape index (κ3) is 4.37. The smallest absolute Gasteiger partial charge is 0.275 e. The van der Waals surface area contributed by atoms with E-state index in [0.717, 1.165) is 12.4 Å². The summed E-state index contributed by atoms with van der Waals surface area (Å²) in [6.45, 7) is -1.58. The fourth-order valence-corrected chi connectivity index (χ4v) is 4.85. The molecule has 12 heteroatoms. The van der Waals surface area contributed by atoms with E-state index in [0.29, 0.717) is 16.6 Å². The predicted molar refractivity (Wildman–Crippen MR) is 113 cm³/mol. The van der Waals surface area contributed by atoms with Gasteiger partial charge in [-0.3, -0.25) is 9.79 Å². The maximum absolute atomic E-state index is 15.0. The van der Waals surface area contributed by atoms with Gasteiger partial charge < -0.3 is 20.5 Å². The molecule has 3 atom stereocenters. The van der Waals surface area contributed by atoms with E-state index in [4.69, 9.17) is 10.5 Å². The lowest BCUT2D eigenvalue weighted by molar-refractivity contribution is -0.0620. The van der Waals surface area contributed by atoms with Gasteiger partial charge in [-0.15, -0.1) is 0 Å². The summed E-state index contributed by atoms with van der Waals surface area (Å²) in [7, 11) is 0. The molecule has 1 saturated heterocycles. The van der Waals surface area contributed by atoms with Crippen molar-refractivity contribution >= 4 is 28.5 Å². The van der Waals surface area contributed by atoms with Crippen molar-refractivity contribution in [2.24, 2.45) is 16.6 Å². The maximum Gasteiger partial charge on any atom is 0.275 e. The number of amidine groups is 1. The molecule has 3 heterocycles. The van der Waals surface area contributed by atoms with E-state index >= 15 is 4.39 Å². The standard InChI is InChI=1S/C20H20F3N5O3S/c21-5-13-4-20(11(8-30-13)9-32-19(24)28-20)14-3-12(1-2-15(14)23)27-18(29)16-6-26-17(7-25-16)31-10-22/h1-3,6-7,11,13H,4-5,8-10H2,(H2,24,28)(H,27,29)/t11-,13+,20-/m0/s1. The number of aromatic nitrogens is 2. The fraction of sp³-hybridized carbons (Fsp3) is 0.400. The van der Waals surface area contributed by atoms with Crippen LogP contribution in [0.3, 0.4) is 0 Å². The van der Waals surface area contributed by atoms with Crippen LogP contribution >= 0.6 is 11.8 Å². The van der Waals surface area contributed by atoms with Gasteiger partial charge in [0.1, 0.15) is 18.2 Å². The number of carbonyl (C=O) groups is 1. The average Bonchev–Trinajstić information content (AvgIpc) is 2.80. The fourth-order valence-electron chi connectivity index (χ4n) is 3.88. The second-order valence-electron chi connectivity index (χ2n) is 7.34. The monoisotopic (exact) mass is 467 g/mol. The molecular weight excluding hydrogens is 447 g/mol. The average molecular weight is 467 g/mol. The molecule has 0 aliphatic carbocycles. The number of nitrogens with zero attached hydrogens (tertiary/aromatic N) is 3. The molecule has 4 rings (SSSR count). The quantitative estimate of drug-likeness (QED) is 0.672. The van der Waals surface area contributed by atoms with E-state index in [2.05, 4.69) is 25.0 Å². The number of ether oxygens (including phenoxy) is 2. The first-order valence-corrected chi connectivity index (χ1v) is 10.7. The van der Waals surface area contributed by atoms with Crippen molar-refractivity contribution in [2.75, 3.05) is 31.2 Å². The van der Waals surface area contributed by atoms with Crippen molar-refractivity contribution in [2.45, 2.75) is 18.1 Å². The third-order valence-corrected chi connectivity index (χ3v) is 6.37. The highest BCUT2D eigenvalue weighted by atomic mass is 32.2. The minimum absolute atomic E-state index is 0.0435. The van der Waals surface area contributed by atoms with Gasteiger partial charge in [0.2, 0.25) is 12.7 Å². The van der Waals surface area contributed by atoms with Crippen molar-refractivity contribution in [3.05, 3.63) is 47.7 Å². The minimum Gasteiger partial charge on any atom is -0.445 e. The van der Waals surface area contributed by atoms with E-state index in [1.54, 1.807) is 0 Å². The summed E-state index contributed by atoms with van der Waals surface area (Å²) in [5, 5.41) is 2.92. The Morgan fingerprint density at radius 1 is 1.34 bits per heavy atom. The summed E-state index contributed by atoms with van der Waals surface area (Å²) < 4.78 is 50.8. The lowest BCUT2D eigenvalue weighted by atomic mass is 9.73. The van der Waals surface area contributed by atoms with Gasteiger partial charge in [0.25, 0.3) is 5.91 Å². The number of amides is 1. The highest BCUT2D eigenvalue weighted by Gasteiger charge is 2.49. The molecule has 1 aromatic heterocycles. The zero-order valence-corrected chi connectivity index (χ0v) is 17.6. The normalized spacial score (nSPS) is 24.9. The van der Waals surface area contributed by atoms with E-state index in [1.807, 2.05) is 0 Å². The first-order valence-electron chi connectivity index (χ1n) is 9.73. The summed E-state index contributed by atoms with van der Waals surface area (Å²) >= 11 is 1.34. The number of nitrogens with two attached hydrogens (primary N) is 1. The van der Waals surface area contributed by atoms with Crippen LogP contribution in [0.1, 0.15) is 22.5 Å². The van der Waals surface area contributed by atoms with Crippen molar-refractivity contribution in [1.82, 2.24) is 9.97 Å². The molecule has 2 aromatic rings. The van der Waals surface area contributed by atoms with Crippen molar-refractivity contribution in [1.29, 1.82) is 0 Å². The molecule has 1 fully saturated rings. The largest absolute Gasteiger partial charge is 0.445 e. The van der Waals surface area contributed by atoms with Crippen LogP contribution in [-0.4, -0.2) is 53.0 Å². The molecular formula is C20H20F3N5O3S. The Kier molecular flexibility index (Phi) is 6.51. The number of fused-ring (bicyclic) bond motifs is 1. The van der Waals surface area contributed by atoms with E-state index < -0.39 is 36.9 Å². The number of anilines is 1. The second kappa shape index (κ2) is 9.33. The summed E-state index contributed by atoms with van der Waals surface area (Å²) in [6, 6.07) is 4.09. The van der Waals surface area contributed by atoms with E-state index in [9.17, 15) is 13.6 Å². The van der Waals surface area contributed by atoms with Gasteiger partial charge >= 0.3 is 0 Å². The number of benzene rings is 1. The Hall–Kier alpha value is -2.86. The topological polar surface area (TPSA) is 112 Å². The van der Waals surface area contributed by atoms with Gasteiger partial charge in [-0.1, -0.05) is 11.8 Å². The second-order valence-corrected chi connectivity index (χ2v) is 8.38. The van der Waals surface area contributed by atoms with Crippen LogP contribution in [0.5, 0.6) is 5.88 Å². The predicted octanol–water partition coefficient (Wildman–Crippen LogP) is 2.81. The Morgan fingerprint density at radius 3 is 2.91 bits per heavy atom. The molecule has 1 amide bonds. The van der Waals surface area contributed by atoms with Crippen LogP contribution in [-0.2, 0) is 10.3 Å². The zero-order valence-electron chi connectivity index (χ0n) is 16.8. The number of alkyl halides is 2. The summed E-state index contributed by atoms with van der Waals surface area (Å²) in [4.78, 5) is 24.8. The Balaban J connectivity index is 1.64. The van der Waals surface area contributed by atoms with E-state index in [1.165, 1.54) is 30.0 Å². The highest BCUT2D eigenvalue weighted by Crippen LogP contribution is 2.48. The number of hydrogen-bond acceptors (Lipinski definition) is 8. The molecule has 170 valence electrons. The lowest BCUT2D eigenvalue weighted by Crippen LogP contribution is -2.50. The van der Waals surface area contributed by atoms with Crippen LogP contribution in [0.2, 0.25) is 0 Å². The Morgan fingerprint density at radius 2 is 2.19 bits per heavy atom. The molecule has 2 aliphatic rings. The SMILES string of the molecule is NC1=N[C@@]2(c3cc(NC(=O)c4cnc(OCF)cn4)ccc3F)C[C@H](CF)OC[C@H]2CS1. The van der Waals surface area contributed by atoms with Gasteiger partial charge in [-0.25, -0.2) is 23.1 Å². The molecule has 32 heavy (non-hydrogen) atoms. The number of hydrogen-bond donors (Lipinski definition) is 2. The van der Waals surface area contributed by atoms with Crippen LogP contribution in [0.25, 0.3) is 0 Å². The van der Waals surface area contributed by atoms with Crippen LogP contribution in [0.4, 0.5) is 18.9 Å². The first-order chi connectivity index (χ1) is 15.4. The summed E-state index contributed by atoms with van der Waals surface area (Å²) in [5.41, 5.74) is 5.33. The number of aliphatic imine (C=N–C) groups is 1. The van der Waals surface area contributed by atoms with Gasteiger partial charge in [0, 0.05) is 29.3 Å². The molecule has 8 nitrogen and oxygen atoms in total. The molecule has 3 N–H and O–H groups in total. The molecule has 2 aliphatic heterocycles. The number of thioether (sulfide) groups is 1. The molecule has 1 aromatic carbocycles. The number of nitrogens with one attached hydrogen (secondary N) is 1.